The standard InChI is InChI=1S/C9H9BrN.C5H5.2ClH.Zr/c1-6-3-7-5-9(10)11(2)8(7)4-6;1-2-4-5-3-1;;;/h3-5H,1-2H3;1-3H,4H2;2*1H;/q2*-1;;;+2. The van der Waals surface area contributed by atoms with E-state index < -0.39 is 0 Å². The van der Waals surface area contributed by atoms with Gasteiger partial charge in [0.1, 0.15) is 0 Å². The Morgan fingerprint density at radius 1 is 1.32 bits per heavy atom. The summed E-state index contributed by atoms with van der Waals surface area (Å²) in [6, 6.07) is 6.53. The minimum atomic E-state index is 0. The number of rotatable bonds is 0. The number of aromatic nitrogens is 1. The van der Waals surface area contributed by atoms with Crippen molar-refractivity contribution >= 4 is 40.7 Å². The summed E-state index contributed by atoms with van der Waals surface area (Å²) in [7, 11) is 2.06. The van der Waals surface area contributed by atoms with Crippen LogP contribution in [0.25, 0.3) is 11.3 Å². The van der Waals surface area contributed by atoms with E-state index in [-0.39, 0.29) is 51.0 Å². The molecule has 3 aliphatic rings. The molecule has 0 amide bonds. The zero-order chi connectivity index (χ0) is 11.5. The van der Waals surface area contributed by atoms with E-state index >= 15 is 0 Å². The van der Waals surface area contributed by atoms with Crippen molar-refractivity contribution in [3.05, 3.63) is 52.7 Å². The maximum atomic E-state index is 3.48. The van der Waals surface area contributed by atoms with Crippen LogP contribution in [-0.4, -0.2) is 4.57 Å². The number of hydrogen-bond donors (Lipinski definition) is 0. The van der Waals surface area contributed by atoms with Crippen LogP contribution < -0.4 is 0 Å². The fourth-order valence-electron chi connectivity index (χ4n) is 1.75. The molecule has 1 heterocycles. The average molecular weight is 440 g/mol. The van der Waals surface area contributed by atoms with Crippen molar-refractivity contribution in [3.63, 3.8) is 0 Å². The predicted molar refractivity (Wildman–Crippen MR) is 86.1 cm³/mol. The zero-order valence-corrected chi connectivity index (χ0v) is 16.5. The topological polar surface area (TPSA) is 4.93 Å². The number of allylic oxidation sites excluding steroid dienone is 4. The van der Waals surface area contributed by atoms with Crippen LogP contribution in [0, 0.1) is 13.0 Å². The molecule has 1 nitrogen and oxygen atoms in total. The predicted octanol–water partition coefficient (Wildman–Crippen LogP) is 5.07. The number of nitrogens with zero attached hydrogens (tertiary/aromatic N) is 1. The van der Waals surface area contributed by atoms with E-state index in [2.05, 4.69) is 64.8 Å². The van der Waals surface area contributed by atoms with Crippen LogP contribution >= 0.6 is 40.7 Å². The molecule has 0 N–H and O–H groups in total. The van der Waals surface area contributed by atoms with Crippen LogP contribution in [-0.2, 0) is 33.3 Å². The molecule has 1 aliphatic heterocycles. The molecule has 0 bridgehead atoms. The van der Waals surface area contributed by atoms with Gasteiger partial charge in [0, 0.05) is 0 Å². The smallest absolute Gasteiger partial charge is 0.453 e. The van der Waals surface area contributed by atoms with E-state index in [1.165, 1.54) is 16.8 Å². The minimum absolute atomic E-state index is 0. The first kappa shape index (κ1) is 21.6. The maximum absolute atomic E-state index is 3.48. The molecule has 0 radical (unpaired) electrons. The Hall–Kier alpha value is 0.313. The molecule has 3 rings (SSSR count). The maximum Gasteiger partial charge on any atom is 2.00 e. The Labute approximate surface area is 154 Å². The second-order valence-corrected chi connectivity index (χ2v) is 4.71. The third-order valence-corrected chi connectivity index (χ3v) is 3.35. The van der Waals surface area contributed by atoms with E-state index in [4.69, 9.17) is 0 Å². The van der Waals surface area contributed by atoms with E-state index in [1.54, 1.807) is 0 Å². The van der Waals surface area contributed by atoms with Crippen molar-refractivity contribution in [2.24, 2.45) is 7.05 Å². The molecule has 0 aromatic heterocycles. The molecule has 0 fully saturated rings. The summed E-state index contributed by atoms with van der Waals surface area (Å²) in [6.07, 6.45) is 10.0. The number of hydrogen-bond acceptors (Lipinski definition) is 0. The molecule has 5 heteroatoms. The van der Waals surface area contributed by atoms with Gasteiger partial charge < -0.3 is 4.57 Å². The van der Waals surface area contributed by atoms with Gasteiger partial charge in [-0.05, 0) is 18.6 Å². The van der Waals surface area contributed by atoms with Crippen LogP contribution in [0.15, 0.2) is 41.0 Å². The Kier molecular flexibility index (Phi) is 11.5. The third-order valence-electron chi connectivity index (χ3n) is 2.59. The molecule has 0 aromatic rings. The normalized spacial score (nSPS) is 11.1. The Balaban J connectivity index is 0. The van der Waals surface area contributed by atoms with Crippen molar-refractivity contribution in [1.82, 2.24) is 4.57 Å². The number of halogens is 3. The molecule has 102 valence electrons. The average Bonchev–Trinajstić information content (AvgIpc) is 2.92. The second kappa shape index (κ2) is 10.1. The minimum Gasteiger partial charge on any atom is -0.453 e. The summed E-state index contributed by atoms with van der Waals surface area (Å²) < 4.78 is 3.28. The Morgan fingerprint density at radius 3 is 2.42 bits per heavy atom. The zero-order valence-electron chi connectivity index (χ0n) is 10.8. The number of aryl methyl sites for hydroxylation is 1. The molecular formula is C14H16BrCl2NZr. The monoisotopic (exact) mass is 437 g/mol. The van der Waals surface area contributed by atoms with Gasteiger partial charge in [-0.2, -0.15) is 11.6 Å². The molecule has 0 spiro atoms. The first-order valence-electron chi connectivity index (χ1n) is 5.28. The van der Waals surface area contributed by atoms with Gasteiger partial charge in [-0.1, -0.05) is 5.56 Å². The SMILES string of the molecule is Cc1cc2c[c-](Br)n(C)c-2c1.Cl.Cl.[C-]1=CC=CC1.[Zr+2]. The molecule has 19 heavy (non-hydrogen) atoms. The van der Waals surface area contributed by atoms with Crippen molar-refractivity contribution in [2.75, 3.05) is 0 Å². The van der Waals surface area contributed by atoms with Gasteiger partial charge in [-0.25, -0.2) is 12.2 Å². The van der Waals surface area contributed by atoms with Gasteiger partial charge in [0.15, 0.2) is 0 Å². The molecular weight excluding hydrogens is 424 g/mol. The molecule has 0 aromatic carbocycles. The summed E-state index contributed by atoms with van der Waals surface area (Å²) in [4.78, 5) is 0. The van der Waals surface area contributed by atoms with Crippen LogP contribution in [0.2, 0.25) is 0 Å². The molecule has 0 atom stereocenters. The summed E-state index contributed by atoms with van der Waals surface area (Å²) >= 11 is 3.48. The molecule has 2 aliphatic carbocycles. The van der Waals surface area contributed by atoms with Gasteiger partial charge in [0.25, 0.3) is 0 Å². The van der Waals surface area contributed by atoms with Crippen molar-refractivity contribution in [3.8, 4) is 11.3 Å². The summed E-state index contributed by atoms with van der Waals surface area (Å²) in [5, 5.41) is 0. The van der Waals surface area contributed by atoms with Crippen molar-refractivity contribution in [1.29, 1.82) is 0 Å². The van der Waals surface area contributed by atoms with E-state index in [1.807, 2.05) is 12.2 Å². The van der Waals surface area contributed by atoms with Crippen LogP contribution in [0.3, 0.4) is 0 Å². The number of fused-ring (bicyclic) bond motifs is 1. The fraction of sp³-hybridized carbons (Fsp3) is 0.214. The largest absolute Gasteiger partial charge is 2.00 e. The first-order valence-corrected chi connectivity index (χ1v) is 6.08. The van der Waals surface area contributed by atoms with Crippen LogP contribution in [0.1, 0.15) is 12.0 Å². The van der Waals surface area contributed by atoms with Crippen molar-refractivity contribution < 1.29 is 26.2 Å². The first-order chi connectivity index (χ1) is 7.68. The molecule has 0 saturated carbocycles. The van der Waals surface area contributed by atoms with Gasteiger partial charge in [-0.15, -0.1) is 71.1 Å². The third kappa shape index (κ3) is 5.67. The molecule has 0 saturated heterocycles. The quantitative estimate of drug-likeness (QED) is 0.505. The van der Waals surface area contributed by atoms with Crippen LogP contribution in [0.5, 0.6) is 0 Å². The summed E-state index contributed by atoms with van der Waals surface area (Å²) in [6.45, 7) is 2.12. The van der Waals surface area contributed by atoms with Gasteiger partial charge in [0.05, 0.1) is 0 Å². The van der Waals surface area contributed by atoms with Gasteiger partial charge in [-0.3, -0.25) is 6.08 Å². The second-order valence-electron chi connectivity index (χ2n) is 3.90. The van der Waals surface area contributed by atoms with E-state index in [0.717, 1.165) is 11.0 Å². The fourth-order valence-corrected chi connectivity index (χ4v) is 2.18. The van der Waals surface area contributed by atoms with E-state index in [9.17, 15) is 0 Å². The van der Waals surface area contributed by atoms with Crippen LogP contribution in [0.4, 0.5) is 0 Å². The van der Waals surface area contributed by atoms with Crippen molar-refractivity contribution in [2.45, 2.75) is 13.3 Å². The molecule has 0 unspecified atom stereocenters. The Bertz CT molecular complexity index is 504. The van der Waals surface area contributed by atoms with Gasteiger partial charge >= 0.3 is 26.2 Å². The summed E-state index contributed by atoms with van der Waals surface area (Å²) in [5.74, 6) is 0. The Morgan fingerprint density at radius 2 is 2.00 bits per heavy atom. The summed E-state index contributed by atoms with van der Waals surface area (Å²) in [5.41, 5.74) is 3.95. The van der Waals surface area contributed by atoms with Gasteiger partial charge in [0.2, 0.25) is 0 Å². The van der Waals surface area contributed by atoms with E-state index in [0.29, 0.717) is 0 Å².